The lowest BCUT2D eigenvalue weighted by molar-refractivity contribution is -0.0788. The maximum absolute atomic E-state index is 6.03. The zero-order valence-electron chi connectivity index (χ0n) is 22.1. The van der Waals surface area contributed by atoms with Gasteiger partial charge < -0.3 is 9.47 Å². The number of methoxy groups -OCH3 is 1. The van der Waals surface area contributed by atoms with E-state index < -0.39 is 0 Å². The molecule has 0 bridgehead atoms. The van der Waals surface area contributed by atoms with E-state index in [0.29, 0.717) is 18.3 Å². The number of fused-ring (bicyclic) bond motifs is 4. The predicted molar refractivity (Wildman–Crippen MR) is 134 cm³/mol. The molecule has 0 N–H and O–H groups in total. The molecule has 5 unspecified atom stereocenters. The number of hydrogen-bond acceptors (Lipinski definition) is 2. The van der Waals surface area contributed by atoms with Crippen LogP contribution in [0.15, 0.2) is 11.1 Å². The van der Waals surface area contributed by atoms with Crippen LogP contribution < -0.4 is 0 Å². The van der Waals surface area contributed by atoms with E-state index >= 15 is 0 Å². The molecule has 0 heterocycles. The predicted octanol–water partition coefficient (Wildman–Crippen LogP) is 8.41. The second-order valence-corrected chi connectivity index (χ2v) is 12.7. The van der Waals surface area contributed by atoms with E-state index in [2.05, 4.69) is 34.6 Å². The Hall–Kier alpha value is -0.340. The summed E-state index contributed by atoms with van der Waals surface area (Å²) in [5.41, 5.74) is 4.33. The maximum Gasteiger partial charge on any atom is 0.146 e. The number of ether oxygens (including phenoxy) is 2. The Morgan fingerprint density at radius 2 is 1.84 bits per heavy atom. The molecule has 4 aliphatic carbocycles. The summed E-state index contributed by atoms with van der Waals surface area (Å²) in [7, 11) is 1.74. The highest BCUT2D eigenvalue weighted by atomic mass is 16.7. The van der Waals surface area contributed by atoms with Crippen molar-refractivity contribution < 1.29 is 9.47 Å². The third-order valence-corrected chi connectivity index (χ3v) is 10.6. The van der Waals surface area contributed by atoms with Gasteiger partial charge in [-0.2, -0.15) is 0 Å². The molecule has 8 atom stereocenters. The van der Waals surface area contributed by atoms with E-state index in [4.69, 9.17) is 9.47 Å². The fourth-order valence-corrected chi connectivity index (χ4v) is 9.07. The summed E-state index contributed by atoms with van der Waals surface area (Å²) in [6, 6.07) is 0. The molecule has 0 aromatic heterocycles. The normalized spacial score (nSPS) is 40.2. The van der Waals surface area contributed by atoms with Crippen molar-refractivity contribution in [1.82, 2.24) is 0 Å². The van der Waals surface area contributed by atoms with Crippen LogP contribution >= 0.6 is 0 Å². The standard InChI is InChI=1S/C30H52O2/c1-7-22-17-27-25(24-12-11-23(18-26(22)24)32-19-31-6)15-16-30(5)28(13-14-29(27)30)21(4)10-8-9-20(2)3/h20-23,25,27-29H,7-19H2,1-6H3/t21-,22?,23+,25?,27-,28?,29?,30?/m1/s1. The summed E-state index contributed by atoms with van der Waals surface area (Å²) in [6.07, 6.45) is 17.1. The van der Waals surface area contributed by atoms with Gasteiger partial charge in [-0.15, -0.1) is 0 Å². The third-order valence-electron chi connectivity index (χ3n) is 10.6. The molecule has 4 rings (SSSR count). The molecule has 0 aromatic rings. The Bertz CT molecular complexity index is 651. The van der Waals surface area contributed by atoms with Gasteiger partial charge in [0.05, 0.1) is 6.10 Å². The Balaban J connectivity index is 1.48. The zero-order chi connectivity index (χ0) is 22.9. The lowest BCUT2D eigenvalue weighted by Crippen LogP contribution is -2.46. The van der Waals surface area contributed by atoms with Crippen LogP contribution in [-0.4, -0.2) is 20.0 Å². The highest BCUT2D eigenvalue weighted by Gasteiger charge is 2.56. The van der Waals surface area contributed by atoms with Gasteiger partial charge >= 0.3 is 0 Å². The quantitative estimate of drug-likeness (QED) is 0.262. The van der Waals surface area contributed by atoms with Gasteiger partial charge in [-0.1, -0.05) is 65.0 Å². The summed E-state index contributed by atoms with van der Waals surface area (Å²) in [4.78, 5) is 0. The van der Waals surface area contributed by atoms with Crippen LogP contribution in [-0.2, 0) is 9.47 Å². The van der Waals surface area contributed by atoms with Gasteiger partial charge in [0, 0.05) is 7.11 Å². The van der Waals surface area contributed by atoms with Gasteiger partial charge in [-0.05, 0) is 105 Å². The summed E-state index contributed by atoms with van der Waals surface area (Å²) < 4.78 is 11.2. The molecule has 32 heavy (non-hydrogen) atoms. The molecule has 184 valence electrons. The average molecular weight is 445 g/mol. The monoisotopic (exact) mass is 444 g/mol. The van der Waals surface area contributed by atoms with Gasteiger partial charge in [-0.25, -0.2) is 0 Å². The number of hydrogen-bond donors (Lipinski definition) is 0. The summed E-state index contributed by atoms with van der Waals surface area (Å²) in [6.45, 7) is 13.0. The molecule has 0 aromatic carbocycles. The van der Waals surface area contributed by atoms with Gasteiger partial charge in [0.25, 0.3) is 0 Å². The van der Waals surface area contributed by atoms with E-state index in [1.54, 1.807) is 7.11 Å². The van der Waals surface area contributed by atoms with Crippen molar-refractivity contribution in [3.05, 3.63) is 11.1 Å². The molecule has 2 saturated carbocycles. The first-order valence-corrected chi connectivity index (χ1v) is 14.2. The minimum atomic E-state index is 0.385. The van der Waals surface area contributed by atoms with Crippen LogP contribution in [0.2, 0.25) is 0 Å². The molecule has 0 saturated heterocycles. The Kier molecular flexibility index (Phi) is 8.14. The first kappa shape index (κ1) is 24.8. The van der Waals surface area contributed by atoms with Crippen molar-refractivity contribution >= 4 is 0 Å². The molecule has 2 fully saturated rings. The van der Waals surface area contributed by atoms with Crippen LogP contribution in [0.3, 0.4) is 0 Å². The SMILES string of the molecule is CCC1C[C@@H]2C(CCC3(C)C2CCC3[C@H](C)CCCC(C)C)C2=C1C[C@@H](OCOC)CC2. The van der Waals surface area contributed by atoms with E-state index in [0.717, 1.165) is 41.4 Å². The molecule has 0 radical (unpaired) electrons. The fourth-order valence-electron chi connectivity index (χ4n) is 9.07. The number of allylic oxidation sites excluding steroid dienone is 1. The molecular formula is C30H52O2. The van der Waals surface area contributed by atoms with E-state index in [9.17, 15) is 0 Å². The van der Waals surface area contributed by atoms with Crippen LogP contribution in [0.1, 0.15) is 112 Å². The Morgan fingerprint density at radius 1 is 1.03 bits per heavy atom. The van der Waals surface area contributed by atoms with Crippen LogP contribution in [0.5, 0.6) is 0 Å². The van der Waals surface area contributed by atoms with Crippen LogP contribution in [0.25, 0.3) is 0 Å². The average Bonchev–Trinajstić information content (AvgIpc) is 3.14. The van der Waals surface area contributed by atoms with Crippen LogP contribution in [0, 0.1) is 46.8 Å². The summed E-state index contributed by atoms with van der Waals surface area (Å²) in [5, 5.41) is 0. The largest absolute Gasteiger partial charge is 0.359 e. The minimum absolute atomic E-state index is 0.385. The van der Waals surface area contributed by atoms with Gasteiger partial charge in [-0.3, -0.25) is 0 Å². The highest BCUT2D eigenvalue weighted by molar-refractivity contribution is 5.29. The van der Waals surface area contributed by atoms with Crippen molar-refractivity contribution in [1.29, 1.82) is 0 Å². The van der Waals surface area contributed by atoms with E-state index in [-0.39, 0.29) is 0 Å². The van der Waals surface area contributed by atoms with Crippen LogP contribution in [0.4, 0.5) is 0 Å². The lowest BCUT2D eigenvalue weighted by atomic mass is 9.50. The highest BCUT2D eigenvalue weighted by Crippen LogP contribution is 2.65. The van der Waals surface area contributed by atoms with Crippen molar-refractivity contribution in [3.8, 4) is 0 Å². The third kappa shape index (κ3) is 4.74. The topological polar surface area (TPSA) is 18.5 Å². The molecular weight excluding hydrogens is 392 g/mol. The maximum atomic E-state index is 6.03. The van der Waals surface area contributed by atoms with E-state index in [1.165, 1.54) is 77.0 Å². The molecule has 4 aliphatic rings. The fraction of sp³-hybridized carbons (Fsp3) is 0.933. The number of rotatable bonds is 9. The van der Waals surface area contributed by atoms with Crippen molar-refractivity contribution in [2.45, 2.75) is 118 Å². The molecule has 0 aliphatic heterocycles. The summed E-state index contributed by atoms with van der Waals surface area (Å²) in [5.74, 6) is 6.37. The van der Waals surface area contributed by atoms with Gasteiger partial charge in [0.15, 0.2) is 0 Å². The smallest absolute Gasteiger partial charge is 0.146 e. The van der Waals surface area contributed by atoms with Crippen molar-refractivity contribution in [2.24, 2.45) is 46.8 Å². The summed E-state index contributed by atoms with van der Waals surface area (Å²) >= 11 is 0. The first-order chi connectivity index (χ1) is 15.4. The van der Waals surface area contributed by atoms with Gasteiger partial charge in [0.2, 0.25) is 0 Å². The first-order valence-electron chi connectivity index (χ1n) is 14.2. The lowest BCUT2D eigenvalue weighted by Gasteiger charge is -2.55. The van der Waals surface area contributed by atoms with Crippen molar-refractivity contribution in [2.75, 3.05) is 13.9 Å². The molecule has 2 nitrogen and oxygen atoms in total. The minimum Gasteiger partial charge on any atom is -0.359 e. The molecule has 2 heteroatoms. The molecule has 0 amide bonds. The Morgan fingerprint density at radius 3 is 2.56 bits per heavy atom. The second-order valence-electron chi connectivity index (χ2n) is 12.7. The second kappa shape index (κ2) is 10.5. The zero-order valence-corrected chi connectivity index (χ0v) is 22.1. The van der Waals surface area contributed by atoms with Gasteiger partial charge in [0.1, 0.15) is 6.79 Å². The Labute approximate surface area is 199 Å². The van der Waals surface area contributed by atoms with Crippen molar-refractivity contribution in [3.63, 3.8) is 0 Å². The molecule has 0 spiro atoms. The van der Waals surface area contributed by atoms with E-state index in [1.807, 2.05) is 11.1 Å².